The Morgan fingerprint density at radius 3 is 2.71 bits per heavy atom. The van der Waals surface area contributed by atoms with Gasteiger partial charge in [-0.3, -0.25) is 4.79 Å². The van der Waals surface area contributed by atoms with Gasteiger partial charge < -0.3 is 14.5 Å². The first-order chi connectivity index (χ1) is 11.5. The van der Waals surface area contributed by atoms with Crippen molar-refractivity contribution in [2.45, 2.75) is 18.1 Å². The molecule has 1 aliphatic rings. The van der Waals surface area contributed by atoms with Crippen molar-refractivity contribution in [1.82, 2.24) is 9.62 Å². The van der Waals surface area contributed by atoms with Crippen molar-refractivity contribution in [3.63, 3.8) is 0 Å². The predicted octanol–water partition coefficient (Wildman–Crippen LogP) is 1.85. The van der Waals surface area contributed by atoms with Crippen LogP contribution in [0.2, 0.25) is 0 Å². The van der Waals surface area contributed by atoms with Crippen molar-refractivity contribution in [1.29, 1.82) is 0 Å². The first-order valence-electron chi connectivity index (χ1n) is 7.50. The molecule has 1 N–H and O–H groups in total. The minimum absolute atomic E-state index is 0.0229. The Morgan fingerprint density at radius 1 is 1.29 bits per heavy atom. The zero-order valence-corrected chi connectivity index (χ0v) is 14.7. The lowest BCUT2D eigenvalue weighted by molar-refractivity contribution is 0.0722. The number of nitrogens with one attached hydrogen (secondary N) is 1. The van der Waals surface area contributed by atoms with Crippen molar-refractivity contribution >= 4 is 27.3 Å². The van der Waals surface area contributed by atoms with E-state index in [9.17, 15) is 13.2 Å². The summed E-state index contributed by atoms with van der Waals surface area (Å²) in [6.45, 7) is 3.12. The number of nitrogens with zero attached hydrogens (tertiary/aromatic N) is 1. The van der Waals surface area contributed by atoms with Crippen LogP contribution in [0.3, 0.4) is 0 Å². The summed E-state index contributed by atoms with van der Waals surface area (Å²) in [7, 11) is -3.74. The van der Waals surface area contributed by atoms with Crippen LogP contribution in [0.4, 0.5) is 0 Å². The van der Waals surface area contributed by atoms with Crippen molar-refractivity contribution < 1.29 is 22.4 Å². The fourth-order valence-corrected chi connectivity index (χ4v) is 4.43. The van der Waals surface area contributed by atoms with Crippen LogP contribution >= 0.6 is 11.3 Å². The Kier molecular flexibility index (Phi) is 5.04. The Hall–Kier alpha value is -1.68. The lowest BCUT2D eigenvalue weighted by Crippen LogP contribution is -2.40. The standard InChI is InChI=1S/C15H18N2O5S2/c1-11(13-3-2-10-23-13)16-15(18)12-4-5-14(22-12)24(19,20)17-6-8-21-9-7-17/h2-5,10-11H,6-9H2,1H3,(H,16,18). The summed E-state index contributed by atoms with van der Waals surface area (Å²) < 4.78 is 36.7. The predicted molar refractivity (Wildman–Crippen MR) is 88.5 cm³/mol. The topological polar surface area (TPSA) is 88.9 Å². The largest absolute Gasteiger partial charge is 0.438 e. The number of thiophene rings is 1. The van der Waals surface area contributed by atoms with Gasteiger partial charge in [-0.2, -0.15) is 4.31 Å². The first-order valence-corrected chi connectivity index (χ1v) is 9.82. The summed E-state index contributed by atoms with van der Waals surface area (Å²) in [5.74, 6) is -0.468. The second-order valence-electron chi connectivity index (χ2n) is 5.35. The SMILES string of the molecule is CC(NC(=O)c1ccc(S(=O)(=O)N2CCOCC2)o1)c1cccs1. The summed E-state index contributed by atoms with van der Waals surface area (Å²) in [4.78, 5) is 13.2. The quantitative estimate of drug-likeness (QED) is 0.868. The van der Waals surface area contributed by atoms with Crippen molar-refractivity contribution in [3.05, 3.63) is 40.3 Å². The smallest absolute Gasteiger partial charge is 0.287 e. The summed E-state index contributed by atoms with van der Waals surface area (Å²) in [6, 6.07) is 6.34. The van der Waals surface area contributed by atoms with Gasteiger partial charge in [0.1, 0.15) is 0 Å². The van der Waals surface area contributed by atoms with E-state index in [-0.39, 0.29) is 30.0 Å². The molecule has 2 aromatic heterocycles. The average Bonchev–Trinajstić information content (AvgIpc) is 3.27. The van der Waals surface area contributed by atoms with Gasteiger partial charge in [-0.15, -0.1) is 11.3 Å². The third-order valence-electron chi connectivity index (χ3n) is 3.69. The van der Waals surface area contributed by atoms with Gasteiger partial charge in [0.25, 0.3) is 15.9 Å². The molecule has 1 amide bonds. The number of ether oxygens (including phenoxy) is 1. The summed E-state index contributed by atoms with van der Waals surface area (Å²) >= 11 is 1.54. The molecule has 130 valence electrons. The lowest BCUT2D eigenvalue weighted by Gasteiger charge is -2.24. The molecule has 1 fully saturated rings. The van der Waals surface area contributed by atoms with Gasteiger partial charge in [-0.05, 0) is 30.5 Å². The molecule has 0 spiro atoms. The van der Waals surface area contributed by atoms with Gasteiger partial charge in [0.05, 0.1) is 19.3 Å². The molecule has 0 aliphatic carbocycles. The molecule has 24 heavy (non-hydrogen) atoms. The number of hydrogen-bond donors (Lipinski definition) is 1. The molecule has 1 atom stereocenters. The highest BCUT2D eigenvalue weighted by Gasteiger charge is 2.30. The molecule has 3 heterocycles. The molecule has 0 saturated carbocycles. The van der Waals surface area contributed by atoms with Gasteiger partial charge >= 0.3 is 0 Å². The molecule has 3 rings (SSSR count). The molecule has 2 aromatic rings. The van der Waals surface area contributed by atoms with E-state index >= 15 is 0 Å². The van der Waals surface area contributed by atoms with E-state index in [2.05, 4.69) is 5.32 Å². The van der Waals surface area contributed by atoms with Gasteiger partial charge in [0.2, 0.25) is 5.09 Å². The van der Waals surface area contributed by atoms with Crippen molar-refractivity contribution in [2.75, 3.05) is 26.3 Å². The van der Waals surface area contributed by atoms with E-state index in [1.807, 2.05) is 24.4 Å². The van der Waals surface area contributed by atoms with Crippen molar-refractivity contribution in [3.8, 4) is 0 Å². The third-order valence-corrected chi connectivity index (χ3v) is 6.51. The molecule has 1 unspecified atom stereocenters. The van der Waals surface area contributed by atoms with Gasteiger partial charge in [0.15, 0.2) is 5.76 Å². The molecular weight excluding hydrogens is 352 g/mol. The number of hydrogen-bond acceptors (Lipinski definition) is 6. The van der Waals surface area contributed by atoms with Crippen LogP contribution in [-0.2, 0) is 14.8 Å². The zero-order valence-electron chi connectivity index (χ0n) is 13.1. The maximum atomic E-state index is 12.5. The number of sulfonamides is 1. The minimum Gasteiger partial charge on any atom is -0.438 e. The highest BCUT2D eigenvalue weighted by atomic mass is 32.2. The normalized spacial score (nSPS) is 17.5. The molecule has 9 heteroatoms. The average molecular weight is 370 g/mol. The fourth-order valence-electron chi connectivity index (χ4n) is 2.37. The third kappa shape index (κ3) is 3.54. The molecule has 0 bridgehead atoms. The molecule has 7 nitrogen and oxygen atoms in total. The van der Waals surface area contributed by atoms with Gasteiger partial charge in [-0.25, -0.2) is 8.42 Å². The van der Waals surface area contributed by atoms with Gasteiger partial charge in [-0.1, -0.05) is 6.07 Å². The molecular formula is C15H18N2O5S2. The maximum Gasteiger partial charge on any atom is 0.287 e. The molecule has 1 aliphatic heterocycles. The van der Waals surface area contributed by atoms with E-state index < -0.39 is 15.9 Å². The second kappa shape index (κ2) is 7.06. The Labute approximate surface area is 144 Å². The van der Waals surface area contributed by atoms with Crippen LogP contribution < -0.4 is 5.32 Å². The molecule has 0 aromatic carbocycles. The lowest BCUT2D eigenvalue weighted by atomic mass is 10.2. The van der Waals surface area contributed by atoms with Crippen LogP contribution in [0.25, 0.3) is 0 Å². The number of carbonyl (C=O) groups is 1. The van der Waals surface area contributed by atoms with Crippen LogP contribution in [0.15, 0.2) is 39.2 Å². The molecule has 1 saturated heterocycles. The van der Waals surface area contributed by atoms with Crippen LogP contribution in [0.1, 0.15) is 28.4 Å². The summed E-state index contributed by atoms with van der Waals surface area (Å²) in [5, 5.41) is 4.50. The minimum atomic E-state index is -3.74. The number of morpholine rings is 1. The Morgan fingerprint density at radius 2 is 2.04 bits per heavy atom. The van der Waals surface area contributed by atoms with Crippen LogP contribution in [0, 0.1) is 0 Å². The van der Waals surface area contributed by atoms with Crippen LogP contribution in [-0.4, -0.2) is 44.9 Å². The fraction of sp³-hybridized carbons (Fsp3) is 0.400. The first kappa shape index (κ1) is 17.2. The number of rotatable bonds is 5. The van der Waals surface area contributed by atoms with Gasteiger partial charge in [0, 0.05) is 18.0 Å². The van der Waals surface area contributed by atoms with E-state index in [1.54, 1.807) is 0 Å². The van der Waals surface area contributed by atoms with E-state index in [0.29, 0.717) is 13.2 Å². The highest BCUT2D eigenvalue weighted by Crippen LogP contribution is 2.22. The monoisotopic (exact) mass is 370 g/mol. The van der Waals surface area contributed by atoms with Crippen molar-refractivity contribution in [2.24, 2.45) is 0 Å². The van der Waals surface area contributed by atoms with E-state index in [1.165, 1.54) is 27.8 Å². The van der Waals surface area contributed by atoms with Crippen LogP contribution in [0.5, 0.6) is 0 Å². The Balaban J connectivity index is 1.71. The summed E-state index contributed by atoms with van der Waals surface area (Å²) in [5.41, 5.74) is 0. The number of furan rings is 1. The van der Waals surface area contributed by atoms with E-state index in [4.69, 9.17) is 9.15 Å². The molecule has 0 radical (unpaired) electrons. The maximum absolute atomic E-state index is 12.5. The number of carbonyl (C=O) groups excluding carboxylic acids is 1. The van der Waals surface area contributed by atoms with E-state index in [0.717, 1.165) is 4.88 Å². The Bertz CT molecular complexity index is 792. The zero-order chi connectivity index (χ0) is 17.2. The summed E-state index contributed by atoms with van der Waals surface area (Å²) in [6.07, 6.45) is 0. The number of amides is 1. The highest BCUT2D eigenvalue weighted by molar-refractivity contribution is 7.89. The second-order valence-corrected chi connectivity index (χ2v) is 8.19.